The standard InChI is InChI=1S/C15H19N3O3/c16-8-11-5-6-14(15(7-11)18(20)21)17-9-12-3-1-2-4-13(12)10-19/h5-7,12-13,17,19H,1-4,9-10H2. The number of aliphatic hydroxyl groups is 1. The van der Waals surface area contributed by atoms with Gasteiger partial charge in [0.15, 0.2) is 0 Å². The molecule has 0 amide bonds. The number of nitro benzene ring substituents is 1. The second-order valence-electron chi connectivity index (χ2n) is 5.47. The van der Waals surface area contributed by atoms with Crippen LogP contribution < -0.4 is 5.32 Å². The lowest BCUT2D eigenvalue weighted by Crippen LogP contribution is -2.28. The van der Waals surface area contributed by atoms with Crippen LogP contribution in [-0.2, 0) is 0 Å². The molecule has 2 N–H and O–H groups in total. The number of benzene rings is 1. The molecule has 0 aromatic heterocycles. The van der Waals surface area contributed by atoms with Crippen LogP contribution in [0.25, 0.3) is 0 Å². The fourth-order valence-corrected chi connectivity index (χ4v) is 2.94. The van der Waals surface area contributed by atoms with E-state index < -0.39 is 4.92 Å². The van der Waals surface area contributed by atoms with Crippen molar-refractivity contribution in [1.82, 2.24) is 0 Å². The van der Waals surface area contributed by atoms with Gasteiger partial charge in [0.1, 0.15) is 5.69 Å². The van der Waals surface area contributed by atoms with Crippen molar-refractivity contribution in [3.05, 3.63) is 33.9 Å². The maximum atomic E-state index is 11.1. The Morgan fingerprint density at radius 1 is 1.38 bits per heavy atom. The van der Waals surface area contributed by atoms with E-state index in [0.717, 1.165) is 25.7 Å². The van der Waals surface area contributed by atoms with Gasteiger partial charge in [-0.05, 0) is 36.8 Å². The molecule has 21 heavy (non-hydrogen) atoms. The third kappa shape index (κ3) is 3.70. The molecule has 6 heteroatoms. The van der Waals surface area contributed by atoms with Crippen molar-refractivity contribution in [2.24, 2.45) is 11.8 Å². The summed E-state index contributed by atoms with van der Waals surface area (Å²) in [7, 11) is 0. The van der Waals surface area contributed by atoms with Crippen molar-refractivity contribution in [1.29, 1.82) is 5.26 Å². The number of nitriles is 1. The third-order valence-corrected chi connectivity index (χ3v) is 4.18. The van der Waals surface area contributed by atoms with Crippen LogP contribution in [0.15, 0.2) is 18.2 Å². The molecule has 2 unspecified atom stereocenters. The van der Waals surface area contributed by atoms with Crippen molar-refractivity contribution < 1.29 is 10.0 Å². The minimum Gasteiger partial charge on any atom is -0.396 e. The Kier molecular flexibility index (Phi) is 5.12. The van der Waals surface area contributed by atoms with Gasteiger partial charge >= 0.3 is 0 Å². The summed E-state index contributed by atoms with van der Waals surface area (Å²) in [5.41, 5.74) is 0.629. The number of aliphatic hydroxyl groups excluding tert-OH is 1. The minimum absolute atomic E-state index is 0.0783. The molecule has 0 radical (unpaired) electrons. The second kappa shape index (κ2) is 7.04. The highest BCUT2D eigenvalue weighted by molar-refractivity contribution is 5.64. The van der Waals surface area contributed by atoms with Gasteiger partial charge in [0, 0.05) is 19.2 Å². The number of nitrogens with zero attached hydrogens (tertiary/aromatic N) is 2. The van der Waals surface area contributed by atoms with Crippen molar-refractivity contribution in [2.45, 2.75) is 25.7 Å². The van der Waals surface area contributed by atoms with Gasteiger partial charge in [0.2, 0.25) is 0 Å². The van der Waals surface area contributed by atoms with Gasteiger partial charge in [-0.15, -0.1) is 0 Å². The zero-order chi connectivity index (χ0) is 15.2. The lowest BCUT2D eigenvalue weighted by Gasteiger charge is -2.30. The van der Waals surface area contributed by atoms with Gasteiger partial charge < -0.3 is 10.4 Å². The van der Waals surface area contributed by atoms with E-state index in [2.05, 4.69) is 5.32 Å². The van der Waals surface area contributed by atoms with Crippen LogP contribution in [0.5, 0.6) is 0 Å². The molecule has 2 atom stereocenters. The van der Waals surface area contributed by atoms with Crippen LogP contribution in [0.1, 0.15) is 31.2 Å². The lowest BCUT2D eigenvalue weighted by atomic mass is 9.79. The fraction of sp³-hybridized carbons (Fsp3) is 0.533. The highest BCUT2D eigenvalue weighted by Crippen LogP contribution is 2.31. The molecular formula is C15H19N3O3. The first-order valence-electron chi connectivity index (χ1n) is 7.19. The molecule has 1 fully saturated rings. The molecule has 1 saturated carbocycles. The largest absolute Gasteiger partial charge is 0.396 e. The molecule has 0 saturated heterocycles. The number of hydrogen-bond acceptors (Lipinski definition) is 5. The van der Waals surface area contributed by atoms with Crippen LogP contribution in [0.3, 0.4) is 0 Å². The average Bonchev–Trinajstić information content (AvgIpc) is 2.52. The second-order valence-corrected chi connectivity index (χ2v) is 5.47. The van der Waals surface area contributed by atoms with Gasteiger partial charge in [-0.2, -0.15) is 5.26 Å². The molecule has 0 bridgehead atoms. The van der Waals surface area contributed by atoms with Gasteiger partial charge in [0.25, 0.3) is 5.69 Å². The smallest absolute Gasteiger partial charge is 0.293 e. The molecular weight excluding hydrogens is 270 g/mol. The van der Waals surface area contributed by atoms with Gasteiger partial charge in [-0.3, -0.25) is 10.1 Å². The summed E-state index contributed by atoms with van der Waals surface area (Å²) >= 11 is 0. The number of nitro groups is 1. The summed E-state index contributed by atoms with van der Waals surface area (Å²) in [6.07, 6.45) is 4.32. The Hall–Kier alpha value is -2.13. The first kappa shape index (κ1) is 15.3. The molecule has 1 aliphatic rings. The first-order valence-corrected chi connectivity index (χ1v) is 7.19. The first-order chi connectivity index (χ1) is 10.2. The van der Waals surface area contributed by atoms with Crippen molar-refractivity contribution >= 4 is 11.4 Å². The SMILES string of the molecule is N#Cc1ccc(NCC2CCCCC2CO)c([N+](=O)[O-])c1. The Morgan fingerprint density at radius 2 is 2.10 bits per heavy atom. The van der Waals surface area contributed by atoms with Crippen LogP contribution >= 0.6 is 0 Å². The number of rotatable bonds is 5. The zero-order valence-corrected chi connectivity index (χ0v) is 11.8. The van der Waals surface area contributed by atoms with Gasteiger partial charge in [0.05, 0.1) is 16.6 Å². The lowest BCUT2D eigenvalue weighted by molar-refractivity contribution is -0.384. The van der Waals surface area contributed by atoms with E-state index in [9.17, 15) is 15.2 Å². The predicted molar refractivity (Wildman–Crippen MR) is 78.8 cm³/mol. The summed E-state index contributed by atoms with van der Waals surface area (Å²) in [4.78, 5) is 10.6. The number of anilines is 1. The molecule has 1 aromatic rings. The van der Waals surface area contributed by atoms with E-state index in [1.165, 1.54) is 6.07 Å². The van der Waals surface area contributed by atoms with E-state index in [0.29, 0.717) is 18.2 Å². The summed E-state index contributed by atoms with van der Waals surface area (Å²) in [6, 6.07) is 6.34. The highest BCUT2D eigenvalue weighted by atomic mass is 16.6. The van der Waals surface area contributed by atoms with Gasteiger partial charge in [-0.1, -0.05) is 12.8 Å². The van der Waals surface area contributed by atoms with E-state index >= 15 is 0 Å². The van der Waals surface area contributed by atoms with Crippen LogP contribution in [0.4, 0.5) is 11.4 Å². The highest BCUT2D eigenvalue weighted by Gasteiger charge is 2.25. The summed E-state index contributed by atoms with van der Waals surface area (Å²) in [5.74, 6) is 0.600. The third-order valence-electron chi connectivity index (χ3n) is 4.18. The Bertz CT molecular complexity index is 554. The number of nitrogens with one attached hydrogen (secondary N) is 1. The molecule has 6 nitrogen and oxygen atoms in total. The summed E-state index contributed by atoms with van der Waals surface area (Å²) in [5, 5.41) is 32.4. The summed E-state index contributed by atoms with van der Waals surface area (Å²) < 4.78 is 0. The van der Waals surface area contributed by atoms with Crippen molar-refractivity contribution in [3.8, 4) is 6.07 Å². The minimum atomic E-state index is -0.479. The predicted octanol–water partition coefficient (Wildman–Crippen LogP) is 2.68. The molecule has 1 aliphatic carbocycles. The summed E-state index contributed by atoms with van der Waals surface area (Å²) in [6.45, 7) is 0.778. The molecule has 0 aliphatic heterocycles. The van der Waals surface area contributed by atoms with Crippen LogP contribution in [0.2, 0.25) is 0 Å². The molecule has 1 aromatic carbocycles. The zero-order valence-electron chi connectivity index (χ0n) is 11.8. The Labute approximate surface area is 123 Å². The van der Waals surface area contributed by atoms with E-state index in [1.807, 2.05) is 6.07 Å². The molecule has 0 spiro atoms. The van der Waals surface area contributed by atoms with Gasteiger partial charge in [-0.25, -0.2) is 0 Å². The quantitative estimate of drug-likeness (QED) is 0.641. The monoisotopic (exact) mass is 289 g/mol. The van der Waals surface area contributed by atoms with Crippen molar-refractivity contribution in [2.75, 3.05) is 18.5 Å². The average molecular weight is 289 g/mol. The van der Waals surface area contributed by atoms with E-state index in [-0.39, 0.29) is 23.8 Å². The Morgan fingerprint density at radius 3 is 2.71 bits per heavy atom. The normalized spacial score (nSPS) is 21.5. The van der Waals surface area contributed by atoms with Crippen molar-refractivity contribution in [3.63, 3.8) is 0 Å². The molecule has 2 rings (SSSR count). The molecule has 0 heterocycles. The molecule has 112 valence electrons. The fourth-order valence-electron chi connectivity index (χ4n) is 2.94. The maximum Gasteiger partial charge on any atom is 0.293 e. The van der Waals surface area contributed by atoms with Crippen LogP contribution in [-0.4, -0.2) is 23.2 Å². The number of hydrogen-bond donors (Lipinski definition) is 2. The van der Waals surface area contributed by atoms with E-state index in [4.69, 9.17) is 5.26 Å². The van der Waals surface area contributed by atoms with Crippen LogP contribution in [0, 0.1) is 33.3 Å². The topological polar surface area (TPSA) is 99.2 Å². The van der Waals surface area contributed by atoms with E-state index in [1.54, 1.807) is 12.1 Å². The maximum absolute atomic E-state index is 11.1. The Balaban J connectivity index is 2.09.